The number of amides is 2. The van der Waals surface area contributed by atoms with Gasteiger partial charge in [0.15, 0.2) is 5.82 Å². The monoisotopic (exact) mass is 603 g/mol. The van der Waals surface area contributed by atoms with Crippen LogP contribution in [0.25, 0.3) is 22.3 Å². The lowest BCUT2D eigenvalue weighted by atomic mass is 9.91. The molecule has 0 bridgehead atoms. The molecule has 228 valence electrons. The number of halogens is 2. The van der Waals surface area contributed by atoms with E-state index in [-0.39, 0.29) is 35.3 Å². The molecule has 3 aromatic carbocycles. The number of ether oxygens (including phenoxy) is 1. The molecule has 1 saturated heterocycles. The fourth-order valence-corrected chi connectivity index (χ4v) is 5.35. The van der Waals surface area contributed by atoms with E-state index in [2.05, 4.69) is 16.0 Å². The third-order valence-corrected chi connectivity index (χ3v) is 7.79. The molecule has 2 amide bonds. The summed E-state index contributed by atoms with van der Waals surface area (Å²) in [6.45, 7) is 2.43. The van der Waals surface area contributed by atoms with Gasteiger partial charge in [-0.25, -0.2) is 13.6 Å². The van der Waals surface area contributed by atoms with Gasteiger partial charge >= 0.3 is 5.69 Å². The minimum atomic E-state index is -0.865. The molecule has 5 rings (SSSR count). The predicted molar refractivity (Wildman–Crippen MR) is 162 cm³/mol. The smallest absolute Gasteiger partial charge is 0.330 e. The van der Waals surface area contributed by atoms with E-state index < -0.39 is 28.8 Å². The highest BCUT2D eigenvalue weighted by molar-refractivity contribution is 6.04. The summed E-state index contributed by atoms with van der Waals surface area (Å²) >= 11 is 0. The molecule has 0 aliphatic carbocycles. The molecular weight excluding hydrogens is 572 g/mol. The van der Waals surface area contributed by atoms with Crippen LogP contribution in [0.5, 0.6) is 5.75 Å². The molecule has 0 saturated carbocycles. The first-order valence-electron chi connectivity index (χ1n) is 13.8. The van der Waals surface area contributed by atoms with Gasteiger partial charge in [0.1, 0.15) is 17.1 Å². The number of carbonyl (C=O) groups excluding carboxylic acids is 2. The summed E-state index contributed by atoms with van der Waals surface area (Å²) in [6.07, 6.45) is 1.43. The number of hydrogen-bond donors (Lipinski definition) is 3. The van der Waals surface area contributed by atoms with Crippen LogP contribution in [0, 0.1) is 18.6 Å². The van der Waals surface area contributed by atoms with Gasteiger partial charge in [-0.05, 0) is 47.4 Å². The van der Waals surface area contributed by atoms with Gasteiger partial charge in [-0.1, -0.05) is 30.3 Å². The second-order valence-electron chi connectivity index (χ2n) is 10.6. The number of benzene rings is 3. The van der Waals surface area contributed by atoms with Gasteiger partial charge in [-0.3, -0.25) is 19.0 Å². The second kappa shape index (κ2) is 12.3. The van der Waals surface area contributed by atoms with Crippen molar-refractivity contribution in [3.63, 3.8) is 0 Å². The molecule has 0 unspecified atom stereocenters. The Hall–Kier alpha value is -5.10. The van der Waals surface area contributed by atoms with Crippen LogP contribution in [-0.4, -0.2) is 40.6 Å². The fraction of sp³-hybridized carbons (Fsp3) is 0.250. The zero-order valence-corrected chi connectivity index (χ0v) is 24.6. The van der Waals surface area contributed by atoms with Crippen LogP contribution in [-0.2, 0) is 25.4 Å². The Labute approximate surface area is 251 Å². The SMILES string of the molecule is COc1cc(-c2cccc(-c3cccc(NC(=O)c4cn(C)c(=O)n(C)c4=O)c3F)c2C)cc(F)c1CN[C@@H]1CNC(=O)C1. The number of rotatable bonds is 8. The first kappa shape index (κ1) is 30.4. The number of methoxy groups -OCH3 is 1. The number of anilines is 1. The summed E-state index contributed by atoms with van der Waals surface area (Å²) < 4.78 is 38.7. The van der Waals surface area contributed by atoms with E-state index in [1.165, 1.54) is 33.3 Å². The Morgan fingerprint density at radius 1 is 1.05 bits per heavy atom. The lowest BCUT2D eigenvalue weighted by Gasteiger charge is -2.18. The summed E-state index contributed by atoms with van der Waals surface area (Å²) in [4.78, 5) is 48.9. The summed E-state index contributed by atoms with van der Waals surface area (Å²) in [5.41, 5.74) is 0.970. The standard InChI is InChI=1S/C32H31F2N5O5/c1-17-20(18-11-25(33)23(27(12-18)44-4)15-35-19-13-28(40)36-14-19)7-5-8-21(17)22-9-6-10-26(29(22)34)37-30(41)24-16-38(2)32(43)39(3)31(24)42/h5-12,16,19,35H,13-15H2,1-4H3,(H,36,40)(H,37,41)/t19-/m0/s1. The lowest BCUT2D eigenvalue weighted by Crippen LogP contribution is -2.40. The summed E-state index contributed by atoms with van der Waals surface area (Å²) in [5, 5.41) is 8.36. The molecule has 0 spiro atoms. The van der Waals surface area contributed by atoms with E-state index in [1.54, 1.807) is 43.3 Å². The fourth-order valence-electron chi connectivity index (χ4n) is 5.35. The van der Waals surface area contributed by atoms with Gasteiger partial charge in [0.05, 0.1) is 12.8 Å². The molecule has 0 radical (unpaired) electrons. The molecule has 1 atom stereocenters. The lowest BCUT2D eigenvalue weighted by molar-refractivity contribution is -0.119. The molecule has 1 aliphatic rings. The highest BCUT2D eigenvalue weighted by Gasteiger charge is 2.23. The molecule has 10 nitrogen and oxygen atoms in total. The second-order valence-corrected chi connectivity index (χ2v) is 10.6. The maximum absolute atomic E-state index is 15.9. The van der Waals surface area contributed by atoms with Crippen LogP contribution in [0.3, 0.4) is 0 Å². The first-order valence-corrected chi connectivity index (χ1v) is 13.8. The minimum Gasteiger partial charge on any atom is -0.496 e. The van der Waals surface area contributed by atoms with Crippen LogP contribution >= 0.6 is 0 Å². The van der Waals surface area contributed by atoms with Gasteiger partial charge in [0.25, 0.3) is 11.5 Å². The number of aromatic nitrogens is 2. The normalized spacial score (nSPS) is 14.4. The van der Waals surface area contributed by atoms with Crippen LogP contribution in [0.15, 0.2) is 64.3 Å². The minimum absolute atomic E-state index is 0.0555. The van der Waals surface area contributed by atoms with Crippen molar-refractivity contribution >= 4 is 17.5 Å². The number of hydrogen-bond acceptors (Lipinski definition) is 6. The molecule has 1 aliphatic heterocycles. The zero-order chi connectivity index (χ0) is 31.7. The highest BCUT2D eigenvalue weighted by Crippen LogP contribution is 2.37. The molecule has 4 aromatic rings. The average Bonchev–Trinajstić information content (AvgIpc) is 3.43. The maximum Gasteiger partial charge on any atom is 0.330 e. The summed E-state index contributed by atoms with van der Waals surface area (Å²) in [5.74, 6) is -1.81. The van der Waals surface area contributed by atoms with Crippen LogP contribution < -0.4 is 31.9 Å². The van der Waals surface area contributed by atoms with E-state index >= 15 is 8.78 Å². The summed E-state index contributed by atoms with van der Waals surface area (Å²) in [6, 6.07) is 12.7. The van der Waals surface area contributed by atoms with E-state index in [9.17, 15) is 19.2 Å². The summed E-state index contributed by atoms with van der Waals surface area (Å²) in [7, 11) is 4.10. The van der Waals surface area contributed by atoms with Crippen molar-refractivity contribution < 1.29 is 23.1 Å². The Balaban J connectivity index is 1.46. The van der Waals surface area contributed by atoms with Crippen LogP contribution in [0.1, 0.15) is 27.9 Å². The van der Waals surface area contributed by atoms with E-state index in [0.29, 0.717) is 46.5 Å². The number of aryl methyl sites for hydroxylation is 1. The molecular formula is C32H31F2N5O5. The van der Waals surface area contributed by atoms with Gasteiger partial charge in [-0.15, -0.1) is 0 Å². The number of nitrogens with zero attached hydrogens (tertiary/aromatic N) is 2. The van der Waals surface area contributed by atoms with Gasteiger partial charge in [0.2, 0.25) is 5.91 Å². The Morgan fingerprint density at radius 2 is 1.75 bits per heavy atom. The van der Waals surface area contributed by atoms with Crippen molar-refractivity contribution in [2.75, 3.05) is 19.0 Å². The number of nitrogens with one attached hydrogen (secondary N) is 3. The topological polar surface area (TPSA) is 123 Å². The quantitative estimate of drug-likeness (QED) is 0.284. The largest absolute Gasteiger partial charge is 0.496 e. The van der Waals surface area contributed by atoms with Gasteiger partial charge < -0.3 is 25.3 Å². The molecule has 3 N–H and O–H groups in total. The van der Waals surface area contributed by atoms with E-state index in [0.717, 1.165) is 15.3 Å². The van der Waals surface area contributed by atoms with Crippen molar-refractivity contribution in [2.24, 2.45) is 14.1 Å². The Kier molecular flexibility index (Phi) is 8.45. The molecule has 1 fully saturated rings. The number of carbonyl (C=O) groups is 2. The van der Waals surface area contributed by atoms with Crippen molar-refractivity contribution in [3.05, 3.63) is 104 Å². The molecule has 2 heterocycles. The predicted octanol–water partition coefficient (Wildman–Crippen LogP) is 3.24. The van der Waals surface area contributed by atoms with Gasteiger partial charge in [-0.2, -0.15) is 0 Å². The third kappa shape index (κ3) is 5.76. The van der Waals surface area contributed by atoms with Crippen LogP contribution in [0.4, 0.5) is 14.5 Å². The third-order valence-electron chi connectivity index (χ3n) is 7.79. The van der Waals surface area contributed by atoms with Crippen molar-refractivity contribution in [1.82, 2.24) is 19.8 Å². The average molecular weight is 604 g/mol. The Morgan fingerprint density at radius 3 is 2.45 bits per heavy atom. The van der Waals surface area contributed by atoms with Crippen LogP contribution in [0.2, 0.25) is 0 Å². The van der Waals surface area contributed by atoms with Crippen molar-refractivity contribution in [3.8, 4) is 28.0 Å². The van der Waals surface area contributed by atoms with Gasteiger partial charge in [0, 0.05) is 57.0 Å². The Bertz CT molecular complexity index is 1920. The van der Waals surface area contributed by atoms with E-state index in [4.69, 9.17) is 4.74 Å². The molecule has 44 heavy (non-hydrogen) atoms. The highest BCUT2D eigenvalue weighted by atomic mass is 19.1. The van der Waals surface area contributed by atoms with Crippen molar-refractivity contribution in [1.29, 1.82) is 0 Å². The van der Waals surface area contributed by atoms with Crippen molar-refractivity contribution in [2.45, 2.75) is 25.9 Å². The van der Waals surface area contributed by atoms with E-state index in [1.807, 2.05) is 0 Å². The first-order chi connectivity index (χ1) is 21.0. The maximum atomic E-state index is 15.9. The molecule has 1 aromatic heterocycles. The molecule has 12 heteroatoms. The zero-order valence-electron chi connectivity index (χ0n) is 24.6.